The number of rotatable bonds is 3. The summed E-state index contributed by atoms with van der Waals surface area (Å²) in [6.07, 6.45) is 2.42. The number of methoxy groups -OCH3 is 1. The number of carbonyl (C=O) groups excluding carboxylic acids is 1. The number of phenolic OH excluding ortho intramolecular Hbond substituents is 1. The van der Waals surface area contributed by atoms with Crippen LogP contribution >= 0.6 is 23.2 Å². The molecular formula is C10H9Cl2NO3. The normalized spacial score (nSPS) is 10.7. The standard InChI is InChI=1S/C10H9Cl2NO3/c1-16-7-4-6(11)5(2-3-8(13)14)9(12)10(7)15/h2-4,15H,1H3,(H2,13,14)/b3-2+. The van der Waals surface area contributed by atoms with E-state index in [9.17, 15) is 9.90 Å². The van der Waals surface area contributed by atoms with Gasteiger partial charge in [-0.3, -0.25) is 4.79 Å². The van der Waals surface area contributed by atoms with Crippen molar-refractivity contribution in [3.05, 3.63) is 27.8 Å². The number of benzene rings is 1. The quantitative estimate of drug-likeness (QED) is 0.820. The summed E-state index contributed by atoms with van der Waals surface area (Å²) in [6.45, 7) is 0. The fourth-order valence-corrected chi connectivity index (χ4v) is 1.64. The van der Waals surface area contributed by atoms with Crippen LogP contribution in [-0.4, -0.2) is 18.1 Å². The molecule has 0 aliphatic carbocycles. The van der Waals surface area contributed by atoms with Gasteiger partial charge in [0.2, 0.25) is 5.91 Å². The van der Waals surface area contributed by atoms with E-state index in [1.54, 1.807) is 0 Å². The Kier molecular flexibility index (Phi) is 4.04. The number of aromatic hydroxyl groups is 1. The molecule has 0 aromatic heterocycles. The number of hydrogen-bond acceptors (Lipinski definition) is 3. The molecule has 16 heavy (non-hydrogen) atoms. The van der Waals surface area contributed by atoms with Crippen LogP contribution in [0, 0.1) is 0 Å². The third-order valence-corrected chi connectivity index (χ3v) is 2.52. The first kappa shape index (κ1) is 12.7. The van der Waals surface area contributed by atoms with Crippen LogP contribution in [0.5, 0.6) is 11.5 Å². The number of amides is 1. The summed E-state index contributed by atoms with van der Waals surface area (Å²) in [5.74, 6) is -0.716. The van der Waals surface area contributed by atoms with Crippen LogP contribution in [0.4, 0.5) is 0 Å². The number of ether oxygens (including phenoxy) is 1. The average Bonchev–Trinajstić information content (AvgIpc) is 2.22. The third-order valence-electron chi connectivity index (χ3n) is 1.83. The highest BCUT2D eigenvalue weighted by Crippen LogP contribution is 2.41. The zero-order valence-corrected chi connectivity index (χ0v) is 9.84. The molecule has 1 amide bonds. The molecule has 0 fully saturated rings. The number of primary amides is 1. The van der Waals surface area contributed by atoms with Gasteiger partial charge in [0.15, 0.2) is 11.5 Å². The fraction of sp³-hybridized carbons (Fsp3) is 0.100. The number of halogens is 2. The number of hydrogen-bond donors (Lipinski definition) is 2. The fourth-order valence-electron chi connectivity index (χ4n) is 1.08. The molecule has 0 saturated heterocycles. The molecule has 86 valence electrons. The van der Waals surface area contributed by atoms with Crippen molar-refractivity contribution in [1.29, 1.82) is 0 Å². The van der Waals surface area contributed by atoms with Gasteiger partial charge < -0.3 is 15.6 Å². The van der Waals surface area contributed by atoms with E-state index in [1.165, 1.54) is 19.3 Å². The van der Waals surface area contributed by atoms with Gasteiger partial charge in [-0.1, -0.05) is 23.2 Å². The molecule has 1 aromatic carbocycles. The number of carbonyl (C=O) groups is 1. The van der Waals surface area contributed by atoms with Crippen molar-refractivity contribution in [3.8, 4) is 11.5 Å². The lowest BCUT2D eigenvalue weighted by Crippen LogP contribution is -2.05. The first-order valence-corrected chi connectivity index (χ1v) is 4.95. The Morgan fingerprint density at radius 1 is 1.56 bits per heavy atom. The van der Waals surface area contributed by atoms with Crippen molar-refractivity contribution in [2.24, 2.45) is 5.73 Å². The Morgan fingerprint density at radius 2 is 2.19 bits per heavy atom. The molecule has 1 aromatic rings. The molecule has 0 heterocycles. The van der Waals surface area contributed by atoms with Gasteiger partial charge in [0.25, 0.3) is 0 Å². The molecule has 0 radical (unpaired) electrons. The van der Waals surface area contributed by atoms with E-state index in [1.807, 2.05) is 0 Å². The monoisotopic (exact) mass is 261 g/mol. The first-order chi connectivity index (χ1) is 7.47. The van der Waals surface area contributed by atoms with Gasteiger partial charge in [-0.05, 0) is 6.08 Å². The van der Waals surface area contributed by atoms with Crippen molar-refractivity contribution in [1.82, 2.24) is 0 Å². The second-order valence-corrected chi connectivity index (χ2v) is 3.66. The van der Waals surface area contributed by atoms with E-state index >= 15 is 0 Å². The van der Waals surface area contributed by atoms with Gasteiger partial charge >= 0.3 is 0 Å². The summed E-state index contributed by atoms with van der Waals surface area (Å²) in [6, 6.07) is 1.39. The number of phenols is 1. The second kappa shape index (κ2) is 5.09. The van der Waals surface area contributed by atoms with Crippen LogP contribution in [0.1, 0.15) is 5.56 Å². The van der Waals surface area contributed by atoms with E-state index in [4.69, 9.17) is 33.7 Å². The molecule has 0 bridgehead atoms. The largest absolute Gasteiger partial charge is 0.503 e. The summed E-state index contributed by atoms with van der Waals surface area (Å²) < 4.78 is 4.85. The highest BCUT2D eigenvalue weighted by molar-refractivity contribution is 6.38. The third kappa shape index (κ3) is 2.59. The van der Waals surface area contributed by atoms with Gasteiger partial charge in [0, 0.05) is 17.7 Å². The molecule has 0 aliphatic rings. The van der Waals surface area contributed by atoms with Crippen molar-refractivity contribution >= 4 is 35.2 Å². The molecule has 0 saturated carbocycles. The van der Waals surface area contributed by atoms with Crippen LogP contribution in [0.25, 0.3) is 6.08 Å². The summed E-state index contributed by atoms with van der Waals surface area (Å²) in [7, 11) is 1.38. The summed E-state index contributed by atoms with van der Waals surface area (Å²) >= 11 is 11.7. The number of nitrogens with two attached hydrogens (primary N) is 1. The van der Waals surface area contributed by atoms with E-state index in [0.29, 0.717) is 5.56 Å². The van der Waals surface area contributed by atoms with E-state index in [0.717, 1.165) is 6.08 Å². The summed E-state index contributed by atoms with van der Waals surface area (Å²) in [5, 5.41) is 9.85. The molecule has 4 nitrogen and oxygen atoms in total. The van der Waals surface area contributed by atoms with Crippen LogP contribution in [0.15, 0.2) is 12.1 Å². The molecule has 0 unspecified atom stereocenters. The van der Waals surface area contributed by atoms with E-state index < -0.39 is 5.91 Å². The Morgan fingerprint density at radius 3 is 2.69 bits per heavy atom. The summed E-state index contributed by atoms with van der Waals surface area (Å²) in [5.41, 5.74) is 5.24. The molecular weight excluding hydrogens is 253 g/mol. The predicted molar refractivity (Wildman–Crippen MR) is 62.9 cm³/mol. The lowest BCUT2D eigenvalue weighted by Gasteiger charge is -2.09. The maximum Gasteiger partial charge on any atom is 0.241 e. The zero-order valence-electron chi connectivity index (χ0n) is 8.33. The summed E-state index contributed by atoms with van der Waals surface area (Å²) in [4.78, 5) is 10.6. The van der Waals surface area contributed by atoms with Crippen LogP contribution in [0.3, 0.4) is 0 Å². The van der Waals surface area contributed by atoms with Gasteiger partial charge in [-0.15, -0.1) is 0 Å². The molecule has 0 aliphatic heterocycles. The van der Waals surface area contributed by atoms with Crippen LogP contribution < -0.4 is 10.5 Å². The minimum absolute atomic E-state index is 0.00171. The van der Waals surface area contributed by atoms with E-state index in [-0.39, 0.29) is 21.5 Å². The van der Waals surface area contributed by atoms with Gasteiger partial charge in [0.1, 0.15) is 0 Å². The zero-order chi connectivity index (χ0) is 12.3. The Bertz CT molecular complexity index is 458. The van der Waals surface area contributed by atoms with Gasteiger partial charge in [-0.25, -0.2) is 0 Å². The van der Waals surface area contributed by atoms with Crippen molar-refractivity contribution in [3.63, 3.8) is 0 Å². The van der Waals surface area contributed by atoms with Crippen molar-refractivity contribution in [2.75, 3.05) is 7.11 Å². The molecule has 6 heteroatoms. The lowest BCUT2D eigenvalue weighted by molar-refractivity contribution is -0.113. The van der Waals surface area contributed by atoms with Crippen LogP contribution in [0.2, 0.25) is 10.0 Å². The highest BCUT2D eigenvalue weighted by atomic mass is 35.5. The maximum absolute atomic E-state index is 10.6. The minimum atomic E-state index is -0.637. The Balaban J connectivity index is 3.30. The van der Waals surface area contributed by atoms with Gasteiger partial charge in [0.05, 0.1) is 17.2 Å². The van der Waals surface area contributed by atoms with E-state index in [2.05, 4.69) is 0 Å². The lowest BCUT2D eigenvalue weighted by atomic mass is 10.2. The SMILES string of the molecule is COc1cc(Cl)c(/C=C/C(N)=O)c(Cl)c1O. The molecule has 0 atom stereocenters. The molecule has 3 N–H and O–H groups in total. The first-order valence-electron chi connectivity index (χ1n) is 4.19. The van der Waals surface area contributed by atoms with Crippen molar-refractivity contribution in [2.45, 2.75) is 0 Å². The topological polar surface area (TPSA) is 72.5 Å². The Labute approximate surface area is 102 Å². The highest BCUT2D eigenvalue weighted by Gasteiger charge is 2.14. The predicted octanol–water partition coefficient (Wildman–Crippen LogP) is 2.21. The molecule has 0 spiro atoms. The average molecular weight is 262 g/mol. The van der Waals surface area contributed by atoms with Crippen LogP contribution in [-0.2, 0) is 4.79 Å². The van der Waals surface area contributed by atoms with Gasteiger partial charge in [-0.2, -0.15) is 0 Å². The maximum atomic E-state index is 10.6. The minimum Gasteiger partial charge on any atom is -0.503 e. The smallest absolute Gasteiger partial charge is 0.241 e. The molecule has 1 rings (SSSR count). The Hall–Kier alpha value is -1.39. The van der Waals surface area contributed by atoms with Crippen molar-refractivity contribution < 1.29 is 14.6 Å². The second-order valence-electron chi connectivity index (χ2n) is 2.87.